The molecule has 16 heteroatoms. The number of hydrogen-bond donors (Lipinski definition) is 0. The van der Waals surface area contributed by atoms with Crippen molar-refractivity contribution in [2.24, 2.45) is 0 Å². The van der Waals surface area contributed by atoms with Crippen LogP contribution in [0, 0.1) is 13.8 Å². The molecule has 0 saturated carbocycles. The van der Waals surface area contributed by atoms with Crippen LogP contribution in [0.4, 0.5) is 34.1 Å². The summed E-state index contributed by atoms with van der Waals surface area (Å²) in [5.41, 5.74) is 40.9. The molecule has 132 heavy (non-hydrogen) atoms. The predicted molar refractivity (Wildman–Crippen MR) is 585 cm³/mol. The van der Waals surface area contributed by atoms with Crippen LogP contribution in [0.2, 0.25) is 0 Å². The minimum atomic E-state index is -0.0000178. The third-order valence-electron chi connectivity index (χ3n) is 27.3. The van der Waals surface area contributed by atoms with Gasteiger partial charge in [-0.3, -0.25) is 0 Å². The first-order valence-corrected chi connectivity index (χ1v) is 55.4. The minimum Gasteiger partial charge on any atom is -0.497 e. The van der Waals surface area contributed by atoms with Gasteiger partial charge in [-0.1, -0.05) is 300 Å². The van der Waals surface area contributed by atoms with E-state index in [0.717, 1.165) is 76.4 Å². The van der Waals surface area contributed by atoms with Crippen molar-refractivity contribution in [2.75, 3.05) is 24.0 Å². The van der Waals surface area contributed by atoms with Crippen LogP contribution >= 0.6 is 160 Å². The van der Waals surface area contributed by atoms with Gasteiger partial charge in [-0.05, 0) is 392 Å². The average Bonchev–Trinajstić information content (AvgIpc) is 1.52. The fourth-order valence-electron chi connectivity index (χ4n) is 20.4. The monoisotopic (exact) mass is 2210 g/mol. The SMILES string of the molecule is CC1(C)c2cc(Br)cc3c2-c2c1cc(SSc1cc4c5c(c1)C(C)(C)c1cc(Br)cc(c1-5)C4(C)C)cc2C3(C)C.COc1ccc(N(c2ccc(Br)cc2)c2ccc(SSc3ccc(N(c4ccc(Br)cc4)c4ccc(OC)cc4)cc3)cc2)cc1.Cc1ccc(C2c3ccc(Br)cc3Cc3cc(SSc4ccc5c(c4)Cc4cc(Br)ccc4C5c4ccc(C)cc4)ccc32)cc1. The molecule has 0 aliphatic heterocycles. The van der Waals surface area contributed by atoms with E-state index in [1.165, 1.54) is 172 Å². The molecule has 6 aliphatic rings. The fraction of sp³-hybridized carbons (Fsp3) is 0.172. The summed E-state index contributed by atoms with van der Waals surface area (Å²) < 4.78 is 17.5. The predicted octanol–water partition coefficient (Wildman–Crippen LogP) is 37.7. The number of anilines is 6. The number of nitrogens with zero attached hydrogens (tertiary/aromatic N) is 2. The molecule has 16 aromatic rings. The number of ether oxygens (including phenoxy) is 2. The van der Waals surface area contributed by atoms with E-state index in [1.807, 2.05) is 67.4 Å². The van der Waals surface area contributed by atoms with Crippen LogP contribution in [0.25, 0.3) is 22.3 Å². The average molecular weight is 2220 g/mol. The Hall–Kier alpha value is -8.30. The molecular weight excluding hydrogens is 2130 g/mol. The van der Waals surface area contributed by atoms with Crippen molar-refractivity contribution in [3.63, 3.8) is 0 Å². The van der Waals surface area contributed by atoms with Crippen molar-refractivity contribution < 1.29 is 9.47 Å². The largest absolute Gasteiger partial charge is 0.497 e. The Morgan fingerprint density at radius 2 is 0.477 bits per heavy atom. The van der Waals surface area contributed by atoms with E-state index in [4.69, 9.17) is 9.47 Å². The van der Waals surface area contributed by atoms with Crippen LogP contribution in [0.1, 0.15) is 178 Å². The number of fused-ring (bicyclic) bond motifs is 4. The molecular formula is C116H94Br6N2O2S6. The second-order valence-corrected chi connectivity index (χ2v) is 49.3. The number of halogens is 6. The van der Waals surface area contributed by atoms with Gasteiger partial charge in [0.1, 0.15) is 11.5 Å². The lowest BCUT2D eigenvalue weighted by Crippen LogP contribution is -2.21. The van der Waals surface area contributed by atoms with E-state index in [2.05, 4.69) is 466 Å². The Bertz CT molecular complexity index is 6640. The maximum absolute atomic E-state index is 5.39. The lowest BCUT2D eigenvalue weighted by molar-refractivity contribution is 0.414. The molecule has 0 heterocycles. The quantitative estimate of drug-likeness (QED) is 0.0728. The molecule has 0 amide bonds. The van der Waals surface area contributed by atoms with Crippen molar-refractivity contribution in [3.8, 4) is 33.8 Å². The summed E-state index contributed by atoms with van der Waals surface area (Å²) >= 11 is 22.2. The second-order valence-electron chi connectivity index (χ2n) is 37.0. The Balaban J connectivity index is 0.000000124. The Labute approximate surface area is 850 Å². The van der Waals surface area contributed by atoms with Gasteiger partial charge >= 0.3 is 0 Å². The number of benzene rings is 16. The highest BCUT2D eigenvalue weighted by Gasteiger charge is 2.50. The van der Waals surface area contributed by atoms with Gasteiger partial charge in [0, 0.05) is 124 Å². The molecule has 2 unspecified atom stereocenters. The zero-order chi connectivity index (χ0) is 91.6. The van der Waals surface area contributed by atoms with E-state index in [0.29, 0.717) is 0 Å². The maximum Gasteiger partial charge on any atom is 0.119 e. The Morgan fingerprint density at radius 1 is 0.242 bits per heavy atom. The second kappa shape index (κ2) is 37.0. The van der Waals surface area contributed by atoms with E-state index < -0.39 is 0 Å². The van der Waals surface area contributed by atoms with Gasteiger partial charge in [-0.15, -0.1) is 0 Å². The molecule has 0 saturated heterocycles. The van der Waals surface area contributed by atoms with Crippen LogP contribution in [-0.4, -0.2) is 14.2 Å². The third-order valence-corrected chi connectivity index (χ3v) is 37.4. The summed E-state index contributed by atoms with van der Waals surface area (Å²) in [6, 6.07) is 116. The van der Waals surface area contributed by atoms with Crippen molar-refractivity contribution in [3.05, 3.63) is 454 Å². The molecule has 0 aromatic heterocycles. The van der Waals surface area contributed by atoms with Crippen molar-refractivity contribution >= 4 is 194 Å². The topological polar surface area (TPSA) is 24.9 Å². The molecule has 16 aromatic carbocycles. The number of aryl methyl sites for hydroxylation is 2. The van der Waals surface area contributed by atoms with Gasteiger partial charge in [0.05, 0.1) is 14.2 Å². The third kappa shape index (κ3) is 17.5. The highest BCUT2D eigenvalue weighted by Crippen LogP contribution is 2.65. The van der Waals surface area contributed by atoms with Crippen LogP contribution in [0.15, 0.2) is 372 Å². The molecule has 2 atom stereocenters. The van der Waals surface area contributed by atoms with Gasteiger partial charge < -0.3 is 19.3 Å². The van der Waals surface area contributed by atoms with E-state index in [9.17, 15) is 0 Å². The zero-order valence-corrected chi connectivity index (χ0v) is 89.4. The fourth-order valence-corrected chi connectivity index (χ4v) is 28.6. The van der Waals surface area contributed by atoms with Gasteiger partial charge in [0.2, 0.25) is 0 Å². The van der Waals surface area contributed by atoms with Gasteiger partial charge in [0.15, 0.2) is 0 Å². The van der Waals surface area contributed by atoms with Crippen molar-refractivity contribution in [1.82, 2.24) is 0 Å². The van der Waals surface area contributed by atoms with E-state index in [-0.39, 0.29) is 33.5 Å². The lowest BCUT2D eigenvalue weighted by Gasteiger charge is -2.30. The van der Waals surface area contributed by atoms with Crippen molar-refractivity contribution in [1.29, 1.82) is 0 Å². The first-order chi connectivity index (χ1) is 63.5. The summed E-state index contributed by atoms with van der Waals surface area (Å²) in [6.07, 6.45) is 1.92. The molecule has 0 N–H and O–H groups in total. The molecule has 22 rings (SSSR count). The standard InChI is InChI=1S/C42H32Br2S2.C38H30Br2N2O2S2.C36H32Br2S2/c1-25-3-7-27(8-4-25)41-37-15-11-33(43)21-29(37)19-31-23-35(13-17-39(31)41)45-46-36-14-18-40-32(24-36)20-30-22-34(44)12-16-38(30)42(40)28-9-5-26(2)6-10-28;1-43-35-19-11-31(12-20-35)41(29-7-3-27(39)4-8-29)33-15-23-37(24-16-33)45-46-38-25-17-34(18-26-38)42(30-9-5-28(40)6-10-30)32-13-21-36(44-2)22-14-32;1-33(2)21-9-17(37)10-22-29(21)31-25(33)13-19(14-26(31)34(22,3)4)39-40-20-15-27-32-28(16-20)36(7,8)24-12-18(38)11-23(30(24)32)35(27,5)6/h3-18,21-24,41-42H,19-20H2,1-2H3;3-26H,1-2H3;9-16H,1-8H3. The van der Waals surface area contributed by atoms with Gasteiger partial charge in [-0.25, -0.2) is 0 Å². The summed E-state index contributed by atoms with van der Waals surface area (Å²) in [7, 11) is 14.5. The van der Waals surface area contributed by atoms with Crippen LogP contribution < -0.4 is 19.3 Å². The van der Waals surface area contributed by atoms with Gasteiger partial charge in [-0.2, -0.15) is 0 Å². The Kier molecular flexibility index (Phi) is 25.6. The number of rotatable bonds is 19. The molecule has 658 valence electrons. The zero-order valence-electron chi connectivity index (χ0n) is 75.0. The normalized spacial score (nSPS) is 15.4. The Morgan fingerprint density at radius 3 is 0.773 bits per heavy atom. The highest BCUT2D eigenvalue weighted by atomic mass is 79.9. The van der Waals surface area contributed by atoms with Crippen LogP contribution in [0.3, 0.4) is 0 Å². The van der Waals surface area contributed by atoms with Crippen molar-refractivity contribution in [2.45, 2.75) is 145 Å². The molecule has 0 spiro atoms. The first-order valence-electron chi connectivity index (χ1n) is 44.2. The lowest BCUT2D eigenvalue weighted by atomic mass is 9.75. The van der Waals surface area contributed by atoms with E-state index in [1.54, 1.807) is 35.8 Å². The molecule has 0 radical (unpaired) electrons. The van der Waals surface area contributed by atoms with Crippen LogP contribution in [0.5, 0.6) is 11.5 Å². The smallest absolute Gasteiger partial charge is 0.119 e. The molecule has 0 fully saturated rings. The first kappa shape index (κ1) is 91.5. The summed E-state index contributed by atoms with van der Waals surface area (Å²) in [5.74, 6) is 2.17. The summed E-state index contributed by atoms with van der Waals surface area (Å²) in [4.78, 5) is 12.2. The summed E-state index contributed by atoms with van der Waals surface area (Å²) in [6.45, 7) is 23.5. The number of hydrogen-bond acceptors (Lipinski definition) is 10. The molecule has 0 bridgehead atoms. The highest BCUT2D eigenvalue weighted by molar-refractivity contribution is 9.11. The maximum atomic E-state index is 5.39. The molecule has 6 aliphatic carbocycles. The van der Waals surface area contributed by atoms with E-state index >= 15 is 0 Å². The minimum absolute atomic E-state index is 0.0000178. The van der Waals surface area contributed by atoms with Crippen LogP contribution in [-0.2, 0) is 34.5 Å². The summed E-state index contributed by atoms with van der Waals surface area (Å²) in [5, 5.41) is 0. The molecule has 4 nitrogen and oxygen atoms in total. The number of methoxy groups -OCH3 is 2. The van der Waals surface area contributed by atoms with Gasteiger partial charge in [0.25, 0.3) is 0 Å².